The van der Waals surface area contributed by atoms with Crippen LogP contribution < -0.4 is 11.1 Å². The zero-order chi connectivity index (χ0) is 26.5. The first-order chi connectivity index (χ1) is 17.8. The van der Waals surface area contributed by atoms with Gasteiger partial charge in [0.25, 0.3) is 0 Å². The molecule has 2 aromatic heterocycles. The van der Waals surface area contributed by atoms with Gasteiger partial charge in [0.05, 0.1) is 0 Å². The highest BCUT2D eigenvalue weighted by Crippen LogP contribution is 2.16. The molecule has 0 aliphatic heterocycles. The van der Waals surface area contributed by atoms with Gasteiger partial charge in [-0.3, -0.25) is 0 Å². The first kappa shape index (κ1) is 27.4. The fourth-order valence-electron chi connectivity index (χ4n) is 3.33. The van der Waals surface area contributed by atoms with E-state index in [1.165, 1.54) is 5.56 Å². The van der Waals surface area contributed by atoms with Gasteiger partial charge in [0.15, 0.2) is 11.6 Å². The molecule has 0 spiro atoms. The Labute approximate surface area is 218 Å². The van der Waals surface area contributed by atoms with Gasteiger partial charge in [0, 0.05) is 42.5 Å². The van der Waals surface area contributed by atoms with Gasteiger partial charge in [0.2, 0.25) is 0 Å². The molecule has 0 bridgehead atoms. The van der Waals surface area contributed by atoms with Crippen molar-refractivity contribution < 1.29 is 9.53 Å². The Kier molecular flexibility index (Phi) is 10.2. The molecule has 0 saturated heterocycles. The van der Waals surface area contributed by atoms with Crippen molar-refractivity contribution in [2.24, 2.45) is 5.73 Å². The second kappa shape index (κ2) is 13.8. The quantitative estimate of drug-likeness (QED) is 0.374. The van der Waals surface area contributed by atoms with Gasteiger partial charge < -0.3 is 15.8 Å². The first-order valence-corrected chi connectivity index (χ1v) is 12.2. The van der Waals surface area contributed by atoms with Gasteiger partial charge in [-0.1, -0.05) is 48.5 Å². The van der Waals surface area contributed by atoms with E-state index in [4.69, 9.17) is 10.5 Å². The highest BCUT2D eigenvalue weighted by Gasteiger charge is 2.15. The zero-order valence-corrected chi connectivity index (χ0v) is 21.6. The standard InChI is InChI=1S/C17H21N3O2.C12H13N3/c1-17(2,3)22-16(21)20-12-9-13-5-7-14(8-6-13)15-18-10-4-11-19-15;13-7-6-10-2-4-11(5-3-10)12-14-8-1-9-15-12/h4-8,10-11H,9,12H2,1-3H3,(H,20,21);1-5,8-9H,6-7,13H2. The summed E-state index contributed by atoms with van der Waals surface area (Å²) in [4.78, 5) is 28.3. The molecular weight excluding hydrogens is 464 g/mol. The van der Waals surface area contributed by atoms with Crippen LogP contribution in [0.4, 0.5) is 4.79 Å². The van der Waals surface area contributed by atoms with Gasteiger partial charge >= 0.3 is 6.09 Å². The zero-order valence-electron chi connectivity index (χ0n) is 21.6. The fourth-order valence-corrected chi connectivity index (χ4v) is 3.33. The van der Waals surface area contributed by atoms with Crippen molar-refractivity contribution in [1.29, 1.82) is 0 Å². The summed E-state index contributed by atoms with van der Waals surface area (Å²) in [7, 11) is 0. The number of amides is 1. The number of carbonyl (C=O) groups is 1. The predicted molar refractivity (Wildman–Crippen MR) is 146 cm³/mol. The summed E-state index contributed by atoms with van der Waals surface area (Å²) in [6.07, 6.45) is 8.21. The molecule has 2 heterocycles. The maximum atomic E-state index is 11.5. The first-order valence-electron chi connectivity index (χ1n) is 12.2. The molecule has 0 unspecified atom stereocenters. The van der Waals surface area contributed by atoms with Crippen LogP contribution in [0.15, 0.2) is 85.5 Å². The number of alkyl carbamates (subject to hydrolysis) is 1. The van der Waals surface area contributed by atoms with Crippen LogP contribution in [0, 0.1) is 0 Å². The summed E-state index contributed by atoms with van der Waals surface area (Å²) in [5.74, 6) is 1.47. The molecular formula is C29H34N6O2. The van der Waals surface area contributed by atoms with Crippen LogP contribution in [0.25, 0.3) is 22.8 Å². The monoisotopic (exact) mass is 498 g/mol. The molecule has 1 amide bonds. The topological polar surface area (TPSA) is 116 Å². The Morgan fingerprint density at radius 3 is 1.59 bits per heavy atom. The third kappa shape index (κ3) is 9.77. The van der Waals surface area contributed by atoms with E-state index in [-0.39, 0.29) is 6.09 Å². The summed E-state index contributed by atoms with van der Waals surface area (Å²) >= 11 is 0. The smallest absolute Gasteiger partial charge is 0.407 e. The van der Waals surface area contributed by atoms with Crippen LogP contribution in [0.1, 0.15) is 31.9 Å². The van der Waals surface area contributed by atoms with Crippen LogP contribution in [0.2, 0.25) is 0 Å². The highest BCUT2D eigenvalue weighted by molar-refractivity contribution is 5.67. The van der Waals surface area contributed by atoms with Gasteiger partial charge in [-0.2, -0.15) is 0 Å². The average Bonchev–Trinajstić information content (AvgIpc) is 2.90. The number of carbonyl (C=O) groups excluding carboxylic acids is 1. The number of ether oxygens (including phenoxy) is 1. The Morgan fingerprint density at radius 2 is 1.19 bits per heavy atom. The van der Waals surface area contributed by atoms with E-state index >= 15 is 0 Å². The number of benzene rings is 2. The number of hydrogen-bond acceptors (Lipinski definition) is 7. The van der Waals surface area contributed by atoms with Crippen molar-refractivity contribution in [2.45, 2.75) is 39.2 Å². The Balaban J connectivity index is 0.000000220. The van der Waals surface area contributed by atoms with Gasteiger partial charge in [-0.05, 0) is 63.4 Å². The molecule has 0 atom stereocenters. The largest absolute Gasteiger partial charge is 0.444 e. The van der Waals surface area contributed by atoms with E-state index in [1.54, 1.807) is 30.9 Å². The van der Waals surface area contributed by atoms with Crippen molar-refractivity contribution >= 4 is 6.09 Å². The summed E-state index contributed by atoms with van der Waals surface area (Å²) in [5, 5.41) is 2.75. The third-order valence-electron chi connectivity index (χ3n) is 5.07. The molecule has 0 radical (unpaired) electrons. The normalized spacial score (nSPS) is 10.7. The molecule has 37 heavy (non-hydrogen) atoms. The molecule has 0 saturated carbocycles. The van der Waals surface area contributed by atoms with Crippen LogP contribution in [0.5, 0.6) is 0 Å². The summed E-state index contributed by atoms with van der Waals surface area (Å²) < 4.78 is 5.19. The number of nitrogens with one attached hydrogen (secondary N) is 1. The molecule has 4 rings (SSSR count). The van der Waals surface area contributed by atoms with Crippen molar-refractivity contribution in [3.05, 3.63) is 96.6 Å². The van der Waals surface area contributed by atoms with Crippen molar-refractivity contribution in [3.8, 4) is 22.8 Å². The van der Waals surface area contributed by atoms with E-state index in [0.29, 0.717) is 18.9 Å². The highest BCUT2D eigenvalue weighted by atomic mass is 16.6. The molecule has 3 N–H and O–H groups in total. The van der Waals surface area contributed by atoms with Crippen LogP contribution >= 0.6 is 0 Å². The molecule has 2 aromatic carbocycles. The lowest BCUT2D eigenvalue weighted by Crippen LogP contribution is -2.33. The maximum Gasteiger partial charge on any atom is 0.407 e. The number of rotatable bonds is 7. The van der Waals surface area contributed by atoms with Crippen LogP contribution in [0.3, 0.4) is 0 Å². The lowest BCUT2D eigenvalue weighted by Gasteiger charge is -2.19. The number of hydrogen-bond donors (Lipinski definition) is 2. The van der Waals surface area contributed by atoms with Crippen LogP contribution in [-0.2, 0) is 17.6 Å². The van der Waals surface area contributed by atoms with E-state index in [9.17, 15) is 4.79 Å². The second-order valence-corrected chi connectivity index (χ2v) is 9.26. The maximum absolute atomic E-state index is 11.5. The molecule has 4 aromatic rings. The van der Waals surface area contributed by atoms with Gasteiger partial charge in [-0.15, -0.1) is 0 Å². The second-order valence-electron chi connectivity index (χ2n) is 9.26. The van der Waals surface area contributed by atoms with Crippen molar-refractivity contribution in [3.63, 3.8) is 0 Å². The third-order valence-corrected chi connectivity index (χ3v) is 5.07. The van der Waals surface area contributed by atoms with E-state index in [1.807, 2.05) is 63.2 Å². The van der Waals surface area contributed by atoms with E-state index < -0.39 is 5.60 Å². The van der Waals surface area contributed by atoms with Crippen molar-refractivity contribution in [2.75, 3.05) is 13.1 Å². The fraction of sp³-hybridized carbons (Fsp3) is 0.276. The Morgan fingerprint density at radius 1 is 0.757 bits per heavy atom. The molecule has 8 nitrogen and oxygen atoms in total. The number of nitrogens with zero attached hydrogens (tertiary/aromatic N) is 4. The van der Waals surface area contributed by atoms with Crippen LogP contribution in [-0.4, -0.2) is 44.7 Å². The molecule has 192 valence electrons. The lowest BCUT2D eigenvalue weighted by atomic mass is 10.1. The molecule has 0 fully saturated rings. The molecule has 0 aliphatic carbocycles. The van der Waals surface area contributed by atoms with Gasteiger partial charge in [0.1, 0.15) is 5.60 Å². The summed E-state index contributed by atoms with van der Waals surface area (Å²) in [6.45, 7) is 6.75. The number of aromatic nitrogens is 4. The minimum Gasteiger partial charge on any atom is -0.444 e. The SMILES string of the molecule is CC(C)(C)OC(=O)NCCc1ccc(-c2ncccn2)cc1.NCCc1ccc(-c2ncccn2)cc1. The van der Waals surface area contributed by atoms with Crippen molar-refractivity contribution in [1.82, 2.24) is 25.3 Å². The summed E-state index contributed by atoms with van der Waals surface area (Å²) in [5.41, 5.74) is 9.41. The minimum absolute atomic E-state index is 0.387. The Bertz CT molecular complexity index is 1210. The Hall–Kier alpha value is -4.17. The minimum atomic E-state index is -0.471. The van der Waals surface area contributed by atoms with Gasteiger partial charge in [-0.25, -0.2) is 24.7 Å². The van der Waals surface area contributed by atoms with E-state index in [2.05, 4.69) is 37.4 Å². The van der Waals surface area contributed by atoms with E-state index in [0.717, 1.165) is 35.4 Å². The molecule has 0 aliphatic rings. The lowest BCUT2D eigenvalue weighted by molar-refractivity contribution is 0.0528. The number of nitrogens with two attached hydrogens (primary N) is 1. The molecule has 8 heteroatoms. The predicted octanol–water partition coefficient (Wildman–Crippen LogP) is 4.86. The average molecular weight is 499 g/mol. The summed E-state index contributed by atoms with van der Waals surface area (Å²) in [6, 6.07) is 19.8.